The highest BCUT2D eigenvalue weighted by molar-refractivity contribution is 9.10. The minimum absolute atomic E-state index is 0.195. The summed E-state index contributed by atoms with van der Waals surface area (Å²) in [6, 6.07) is 2.72. The Labute approximate surface area is 120 Å². The predicted octanol–water partition coefficient (Wildman–Crippen LogP) is 3.99. The zero-order chi connectivity index (χ0) is 13.1. The molecule has 0 radical (unpaired) electrons. The van der Waals surface area contributed by atoms with Crippen LogP contribution in [0.1, 0.15) is 44.1 Å². The second kappa shape index (κ2) is 5.99. The molecule has 2 aromatic rings. The molecule has 1 N–H and O–H groups in total. The second-order valence-electron chi connectivity index (χ2n) is 4.46. The number of thiophene rings is 1. The van der Waals surface area contributed by atoms with Crippen LogP contribution in [0.3, 0.4) is 0 Å². The first-order valence-corrected chi connectivity index (χ1v) is 7.87. The average molecular weight is 328 g/mol. The second-order valence-corrected chi connectivity index (χ2v) is 6.10. The summed E-state index contributed by atoms with van der Waals surface area (Å²) in [6.07, 6.45) is 1.88. The Morgan fingerprint density at radius 3 is 2.83 bits per heavy atom. The van der Waals surface area contributed by atoms with Crippen molar-refractivity contribution in [3.63, 3.8) is 0 Å². The van der Waals surface area contributed by atoms with Crippen LogP contribution < -0.4 is 5.32 Å². The highest BCUT2D eigenvalue weighted by Gasteiger charge is 2.22. The quantitative estimate of drug-likeness (QED) is 0.899. The Morgan fingerprint density at radius 1 is 1.50 bits per heavy atom. The van der Waals surface area contributed by atoms with Gasteiger partial charge in [-0.15, -0.1) is 0 Å². The lowest BCUT2D eigenvalue weighted by Gasteiger charge is -2.21. The van der Waals surface area contributed by atoms with E-state index in [0.29, 0.717) is 6.04 Å². The Hall–Kier alpha value is -0.650. The molecule has 0 bridgehead atoms. The summed E-state index contributed by atoms with van der Waals surface area (Å²) in [6.45, 7) is 7.36. The number of nitrogens with one attached hydrogen (secondary N) is 1. The van der Waals surface area contributed by atoms with Gasteiger partial charge in [-0.2, -0.15) is 16.4 Å². The number of hydrogen-bond donors (Lipinski definition) is 1. The number of nitrogens with zero attached hydrogens (tertiary/aromatic N) is 2. The summed E-state index contributed by atoms with van der Waals surface area (Å²) in [7, 11) is 0. The molecule has 2 aromatic heterocycles. The van der Waals surface area contributed by atoms with Crippen molar-refractivity contribution in [1.29, 1.82) is 0 Å². The van der Waals surface area contributed by atoms with E-state index >= 15 is 0 Å². The standard InChI is InChI=1S/C13H18BrN3S/c1-4-15-12(10-5-6-18-8-10)13-11(14)7-16-17(13)9(2)3/h5-9,12,15H,4H2,1-3H3. The molecule has 1 unspecified atom stereocenters. The van der Waals surface area contributed by atoms with Crippen LogP contribution in [0.15, 0.2) is 27.5 Å². The smallest absolute Gasteiger partial charge is 0.0767 e. The van der Waals surface area contributed by atoms with Crippen molar-refractivity contribution in [3.8, 4) is 0 Å². The van der Waals surface area contributed by atoms with Crippen molar-refractivity contribution in [2.75, 3.05) is 6.54 Å². The van der Waals surface area contributed by atoms with Crippen molar-refractivity contribution in [2.24, 2.45) is 0 Å². The van der Waals surface area contributed by atoms with Gasteiger partial charge in [0.05, 0.1) is 22.4 Å². The maximum absolute atomic E-state index is 4.46. The van der Waals surface area contributed by atoms with Crippen LogP contribution in [0.5, 0.6) is 0 Å². The third kappa shape index (κ3) is 2.68. The van der Waals surface area contributed by atoms with Gasteiger partial charge in [0, 0.05) is 6.04 Å². The molecule has 0 fully saturated rings. The Balaban J connectivity index is 2.45. The molecule has 0 spiro atoms. The summed E-state index contributed by atoms with van der Waals surface area (Å²) >= 11 is 5.35. The molecule has 0 amide bonds. The van der Waals surface area contributed by atoms with Gasteiger partial charge in [-0.05, 0) is 58.7 Å². The molecule has 0 aliphatic heterocycles. The molecule has 2 rings (SSSR count). The number of aromatic nitrogens is 2. The van der Waals surface area contributed by atoms with Gasteiger partial charge in [0.2, 0.25) is 0 Å². The largest absolute Gasteiger partial charge is 0.305 e. The fourth-order valence-electron chi connectivity index (χ4n) is 2.05. The first-order valence-electron chi connectivity index (χ1n) is 6.13. The van der Waals surface area contributed by atoms with Gasteiger partial charge >= 0.3 is 0 Å². The van der Waals surface area contributed by atoms with Gasteiger partial charge in [-0.3, -0.25) is 4.68 Å². The van der Waals surface area contributed by atoms with E-state index in [1.165, 1.54) is 11.3 Å². The molecular formula is C13H18BrN3S. The predicted molar refractivity (Wildman–Crippen MR) is 80.2 cm³/mol. The van der Waals surface area contributed by atoms with Crippen LogP contribution >= 0.6 is 27.3 Å². The van der Waals surface area contributed by atoms with Crippen molar-refractivity contribution in [3.05, 3.63) is 38.8 Å². The monoisotopic (exact) mass is 327 g/mol. The van der Waals surface area contributed by atoms with E-state index < -0.39 is 0 Å². The Kier molecular flexibility index (Phi) is 4.59. The maximum atomic E-state index is 4.46. The van der Waals surface area contributed by atoms with E-state index in [-0.39, 0.29) is 6.04 Å². The van der Waals surface area contributed by atoms with Crippen LogP contribution in [0, 0.1) is 0 Å². The summed E-state index contributed by atoms with van der Waals surface area (Å²) in [5, 5.41) is 12.3. The molecule has 0 aliphatic rings. The van der Waals surface area contributed by atoms with E-state index in [9.17, 15) is 0 Å². The topological polar surface area (TPSA) is 29.9 Å². The Bertz CT molecular complexity index is 490. The molecule has 98 valence electrons. The molecule has 0 saturated heterocycles. The lowest BCUT2D eigenvalue weighted by atomic mass is 10.1. The number of halogens is 1. The molecule has 0 saturated carbocycles. The van der Waals surface area contributed by atoms with E-state index in [2.05, 4.69) is 68.6 Å². The minimum Gasteiger partial charge on any atom is -0.305 e. The maximum Gasteiger partial charge on any atom is 0.0767 e. The fraction of sp³-hybridized carbons (Fsp3) is 0.462. The van der Waals surface area contributed by atoms with Gasteiger partial charge in [-0.1, -0.05) is 6.92 Å². The molecule has 5 heteroatoms. The van der Waals surface area contributed by atoms with Crippen LogP contribution in [-0.2, 0) is 0 Å². The third-order valence-corrected chi connectivity index (χ3v) is 4.15. The van der Waals surface area contributed by atoms with Crippen LogP contribution in [0.25, 0.3) is 0 Å². The number of hydrogen-bond acceptors (Lipinski definition) is 3. The van der Waals surface area contributed by atoms with E-state index in [1.54, 1.807) is 11.3 Å². The van der Waals surface area contributed by atoms with Gasteiger partial charge in [0.15, 0.2) is 0 Å². The third-order valence-electron chi connectivity index (χ3n) is 2.83. The summed E-state index contributed by atoms with van der Waals surface area (Å²) < 4.78 is 3.14. The van der Waals surface area contributed by atoms with Crippen molar-refractivity contribution in [2.45, 2.75) is 32.9 Å². The highest BCUT2D eigenvalue weighted by Crippen LogP contribution is 2.31. The summed E-state index contributed by atoms with van der Waals surface area (Å²) in [5.41, 5.74) is 2.50. The first-order chi connectivity index (χ1) is 8.65. The summed E-state index contributed by atoms with van der Waals surface area (Å²) in [5.74, 6) is 0. The SMILES string of the molecule is CCNC(c1ccsc1)c1c(Br)cnn1C(C)C. The van der Waals surface area contributed by atoms with Crippen LogP contribution in [-0.4, -0.2) is 16.3 Å². The van der Waals surface area contributed by atoms with Crippen molar-refractivity contribution >= 4 is 27.3 Å². The van der Waals surface area contributed by atoms with Crippen LogP contribution in [0.2, 0.25) is 0 Å². The average Bonchev–Trinajstić information content (AvgIpc) is 2.95. The number of rotatable bonds is 5. The van der Waals surface area contributed by atoms with Crippen LogP contribution in [0.4, 0.5) is 0 Å². The minimum atomic E-state index is 0.195. The molecule has 3 nitrogen and oxygen atoms in total. The van der Waals surface area contributed by atoms with Gasteiger partial charge in [0.25, 0.3) is 0 Å². The van der Waals surface area contributed by atoms with E-state index in [1.807, 2.05) is 6.20 Å². The zero-order valence-corrected chi connectivity index (χ0v) is 13.3. The fourth-order valence-corrected chi connectivity index (χ4v) is 3.24. The molecule has 18 heavy (non-hydrogen) atoms. The molecule has 1 atom stereocenters. The summed E-state index contributed by atoms with van der Waals surface area (Å²) in [4.78, 5) is 0. The normalized spacial score (nSPS) is 13.2. The van der Waals surface area contributed by atoms with E-state index in [0.717, 1.165) is 11.0 Å². The van der Waals surface area contributed by atoms with Crippen molar-refractivity contribution < 1.29 is 0 Å². The molecular weight excluding hydrogens is 310 g/mol. The van der Waals surface area contributed by atoms with Crippen molar-refractivity contribution in [1.82, 2.24) is 15.1 Å². The van der Waals surface area contributed by atoms with Gasteiger partial charge in [0.1, 0.15) is 0 Å². The lowest BCUT2D eigenvalue weighted by molar-refractivity contribution is 0.475. The van der Waals surface area contributed by atoms with Gasteiger partial charge in [-0.25, -0.2) is 0 Å². The molecule has 0 aliphatic carbocycles. The van der Waals surface area contributed by atoms with Gasteiger partial charge < -0.3 is 5.32 Å². The zero-order valence-electron chi connectivity index (χ0n) is 10.9. The lowest BCUT2D eigenvalue weighted by Crippen LogP contribution is -2.25. The molecule has 0 aromatic carbocycles. The highest BCUT2D eigenvalue weighted by atomic mass is 79.9. The first kappa shape index (κ1) is 13.8. The Morgan fingerprint density at radius 2 is 2.28 bits per heavy atom. The van der Waals surface area contributed by atoms with E-state index in [4.69, 9.17) is 0 Å². The molecule has 2 heterocycles.